The standard InChI is InChI=1S/C6H11Se2.Li/c1-5-3-6(2)8-4-7-5;/h4-6H,3H2,1-2H3;/q-1;+1/t5-,6+;. The molecular weight excluding hydrogens is 237 g/mol. The van der Waals surface area contributed by atoms with E-state index in [-0.39, 0.29) is 18.9 Å². The van der Waals surface area contributed by atoms with Gasteiger partial charge in [0.15, 0.2) is 0 Å². The van der Waals surface area contributed by atoms with Crippen LogP contribution in [0.5, 0.6) is 0 Å². The van der Waals surface area contributed by atoms with E-state index in [1.54, 1.807) is 0 Å². The van der Waals surface area contributed by atoms with E-state index in [1.165, 1.54) is 6.42 Å². The van der Waals surface area contributed by atoms with Gasteiger partial charge in [0, 0.05) is 0 Å². The Morgan fingerprint density at radius 3 is 1.89 bits per heavy atom. The van der Waals surface area contributed by atoms with E-state index in [2.05, 4.69) is 18.1 Å². The normalized spacial score (nSPS) is 35.3. The maximum atomic E-state index is 2.55. The molecule has 0 nitrogen and oxygen atoms in total. The molecule has 0 unspecified atom stereocenters. The van der Waals surface area contributed by atoms with Crippen molar-refractivity contribution < 1.29 is 18.9 Å². The second-order valence-electron chi connectivity index (χ2n) is 2.23. The summed E-state index contributed by atoms with van der Waals surface area (Å²) in [5.74, 6) is 0. The Hall–Kier alpha value is 1.64. The van der Waals surface area contributed by atoms with E-state index >= 15 is 0 Å². The second kappa shape index (κ2) is 5.31. The Kier molecular flexibility index (Phi) is 6.27. The van der Waals surface area contributed by atoms with Gasteiger partial charge in [0.25, 0.3) is 0 Å². The van der Waals surface area contributed by atoms with E-state index in [0.717, 1.165) is 39.5 Å². The molecule has 0 saturated carbocycles. The fourth-order valence-corrected chi connectivity index (χ4v) is 8.86. The van der Waals surface area contributed by atoms with Crippen LogP contribution in [0.15, 0.2) is 0 Å². The molecule has 0 aliphatic carbocycles. The molecule has 1 fully saturated rings. The van der Waals surface area contributed by atoms with Crippen molar-refractivity contribution in [2.45, 2.75) is 29.9 Å². The average molecular weight is 248 g/mol. The summed E-state index contributed by atoms with van der Waals surface area (Å²) < 4.78 is 2.55. The molecule has 0 aromatic carbocycles. The zero-order chi connectivity index (χ0) is 5.98. The maximum Gasteiger partial charge on any atom is 1.00 e. The molecule has 3 heteroatoms. The predicted molar refractivity (Wildman–Crippen MR) is 39.3 cm³/mol. The monoisotopic (exact) mass is 250 g/mol. The summed E-state index contributed by atoms with van der Waals surface area (Å²) in [6.07, 6.45) is 1.50. The van der Waals surface area contributed by atoms with Gasteiger partial charge in [0.2, 0.25) is 0 Å². The van der Waals surface area contributed by atoms with E-state index in [1.807, 2.05) is 0 Å². The number of hydrogen-bond acceptors (Lipinski definition) is 0. The zero-order valence-electron chi connectivity index (χ0n) is 6.26. The van der Waals surface area contributed by atoms with Gasteiger partial charge in [-0.3, -0.25) is 0 Å². The minimum absolute atomic E-state index is 0. The third kappa shape index (κ3) is 4.15. The molecule has 0 aromatic rings. The van der Waals surface area contributed by atoms with Crippen LogP contribution in [0.4, 0.5) is 0 Å². The zero-order valence-corrected chi connectivity index (χ0v) is 9.68. The van der Waals surface area contributed by atoms with Gasteiger partial charge in [-0.05, 0) is 0 Å². The first-order chi connectivity index (χ1) is 3.79. The molecule has 1 aliphatic rings. The Labute approximate surface area is 82.4 Å². The molecule has 0 spiro atoms. The van der Waals surface area contributed by atoms with Crippen molar-refractivity contribution in [3.8, 4) is 0 Å². The first kappa shape index (κ1) is 10.6. The Morgan fingerprint density at radius 2 is 1.67 bits per heavy atom. The number of rotatable bonds is 0. The van der Waals surface area contributed by atoms with Crippen molar-refractivity contribution in [1.82, 2.24) is 0 Å². The first-order valence-corrected chi connectivity index (χ1v) is 6.87. The van der Waals surface area contributed by atoms with Crippen molar-refractivity contribution >= 4 is 29.9 Å². The van der Waals surface area contributed by atoms with Gasteiger partial charge >= 0.3 is 82.9 Å². The Balaban J connectivity index is 0.000000640. The van der Waals surface area contributed by atoms with Gasteiger partial charge in [-0.15, -0.1) is 0 Å². The van der Waals surface area contributed by atoms with Gasteiger partial charge in [0.05, 0.1) is 0 Å². The summed E-state index contributed by atoms with van der Waals surface area (Å²) in [5, 5.41) is 0. The summed E-state index contributed by atoms with van der Waals surface area (Å²) in [4.78, 5) is 2.07. The average Bonchev–Trinajstić information content (AvgIpc) is 1.64. The van der Waals surface area contributed by atoms with Crippen LogP contribution < -0.4 is 18.9 Å². The second-order valence-corrected chi connectivity index (χ2v) is 9.25. The van der Waals surface area contributed by atoms with Crippen molar-refractivity contribution in [2.75, 3.05) is 0 Å². The van der Waals surface area contributed by atoms with Crippen molar-refractivity contribution in [2.24, 2.45) is 0 Å². The summed E-state index contributed by atoms with van der Waals surface area (Å²) >= 11 is 1.79. The fraction of sp³-hybridized carbons (Fsp3) is 0.833. The van der Waals surface area contributed by atoms with Crippen LogP contribution in [-0.2, 0) is 0 Å². The topological polar surface area (TPSA) is 0 Å². The molecule has 1 rings (SSSR count). The molecule has 9 heavy (non-hydrogen) atoms. The summed E-state index contributed by atoms with van der Waals surface area (Å²) in [5.41, 5.74) is 0. The van der Waals surface area contributed by atoms with Gasteiger partial charge in [-0.25, -0.2) is 0 Å². The van der Waals surface area contributed by atoms with Gasteiger partial charge in [0.1, 0.15) is 0 Å². The van der Waals surface area contributed by atoms with Gasteiger partial charge < -0.3 is 0 Å². The van der Waals surface area contributed by atoms with Crippen LogP contribution in [0.1, 0.15) is 20.3 Å². The molecule has 0 bridgehead atoms. The molecule has 0 radical (unpaired) electrons. The fourth-order valence-electron chi connectivity index (χ4n) is 0.800. The van der Waals surface area contributed by atoms with E-state index in [0.29, 0.717) is 0 Å². The summed E-state index contributed by atoms with van der Waals surface area (Å²) in [6.45, 7) is 4.75. The summed E-state index contributed by atoms with van der Waals surface area (Å²) in [6, 6.07) is 0. The minimum Gasteiger partial charge on any atom is 1.00 e. The molecule has 48 valence electrons. The smallest absolute Gasteiger partial charge is 1.00 e. The maximum absolute atomic E-state index is 2.55. The number of hydrogen-bond donors (Lipinski definition) is 0. The Bertz CT molecular complexity index is 69.5. The first-order valence-electron chi connectivity index (χ1n) is 2.91. The minimum atomic E-state index is 0. The molecule has 0 aromatic heterocycles. The Morgan fingerprint density at radius 1 is 1.22 bits per heavy atom. The SMILES string of the molecule is C[C@@H]1C[C@H](C)[Se][CH-][Se]1.[Li+]. The van der Waals surface area contributed by atoms with Crippen LogP contribution >= 0.6 is 0 Å². The quantitative estimate of drug-likeness (QED) is 0.363. The van der Waals surface area contributed by atoms with Crippen LogP contribution in [0, 0.1) is 4.22 Å². The third-order valence-corrected chi connectivity index (χ3v) is 6.89. The van der Waals surface area contributed by atoms with Crippen LogP contribution in [-0.4, -0.2) is 29.9 Å². The van der Waals surface area contributed by atoms with Crippen molar-refractivity contribution in [3.63, 3.8) is 0 Å². The van der Waals surface area contributed by atoms with Gasteiger partial charge in [-0.2, -0.15) is 0 Å². The van der Waals surface area contributed by atoms with E-state index in [4.69, 9.17) is 0 Å². The van der Waals surface area contributed by atoms with E-state index in [9.17, 15) is 0 Å². The van der Waals surface area contributed by atoms with Crippen LogP contribution in [0.25, 0.3) is 0 Å². The molecule has 1 heterocycles. The summed E-state index contributed by atoms with van der Waals surface area (Å²) in [7, 11) is 0. The molecule has 2 atom stereocenters. The molecule has 1 saturated heterocycles. The van der Waals surface area contributed by atoms with Crippen molar-refractivity contribution in [1.29, 1.82) is 0 Å². The molecule has 0 N–H and O–H groups in total. The predicted octanol–water partition coefficient (Wildman–Crippen LogP) is -1.46. The van der Waals surface area contributed by atoms with Crippen LogP contribution in [0.2, 0.25) is 9.63 Å². The van der Waals surface area contributed by atoms with Crippen molar-refractivity contribution in [3.05, 3.63) is 4.22 Å². The molecule has 0 amide bonds. The molecular formula is C6H11LiSe2. The van der Waals surface area contributed by atoms with E-state index < -0.39 is 0 Å². The van der Waals surface area contributed by atoms with Gasteiger partial charge in [-0.1, -0.05) is 0 Å². The molecule has 1 aliphatic heterocycles. The largest absolute Gasteiger partial charge is 1.00 e. The third-order valence-electron chi connectivity index (χ3n) is 1.24. The van der Waals surface area contributed by atoms with Crippen LogP contribution in [0.3, 0.4) is 0 Å².